The van der Waals surface area contributed by atoms with E-state index in [1.54, 1.807) is 0 Å². The summed E-state index contributed by atoms with van der Waals surface area (Å²) in [6, 6.07) is 10.1. The number of likely N-dealkylation sites (tertiary alicyclic amines) is 1. The van der Waals surface area contributed by atoms with E-state index in [2.05, 4.69) is 58.9 Å². The largest absolute Gasteiger partial charge is 0.294 e. The molecule has 2 rings (SSSR count). The lowest BCUT2D eigenvalue weighted by Gasteiger charge is -2.39. The zero-order valence-electron chi connectivity index (χ0n) is 10.1. The maximum absolute atomic E-state index is 3.54. The Hall–Kier alpha value is -0.340. The fourth-order valence-corrected chi connectivity index (χ4v) is 3.08. The molecular weight excluding hydrogens is 262 g/mol. The first-order chi connectivity index (χ1) is 7.66. The van der Waals surface area contributed by atoms with E-state index in [-0.39, 0.29) is 0 Å². The second-order valence-corrected chi connectivity index (χ2v) is 5.85. The zero-order valence-corrected chi connectivity index (χ0v) is 11.7. The highest BCUT2D eigenvalue weighted by molar-refractivity contribution is 9.10. The van der Waals surface area contributed by atoms with Crippen LogP contribution >= 0.6 is 15.9 Å². The van der Waals surface area contributed by atoms with E-state index in [9.17, 15) is 0 Å². The summed E-state index contributed by atoms with van der Waals surface area (Å²) in [5, 5.41) is 0. The van der Waals surface area contributed by atoms with Crippen LogP contribution in [0.4, 0.5) is 0 Å². The van der Waals surface area contributed by atoms with Crippen molar-refractivity contribution < 1.29 is 0 Å². The topological polar surface area (TPSA) is 3.24 Å². The first kappa shape index (κ1) is 12.1. The van der Waals surface area contributed by atoms with Gasteiger partial charge >= 0.3 is 0 Å². The molecule has 1 aromatic rings. The van der Waals surface area contributed by atoms with Crippen LogP contribution in [0.5, 0.6) is 0 Å². The average molecular weight is 282 g/mol. The van der Waals surface area contributed by atoms with Gasteiger partial charge in [0.2, 0.25) is 0 Å². The van der Waals surface area contributed by atoms with Crippen LogP contribution in [0, 0.1) is 0 Å². The van der Waals surface area contributed by atoms with Crippen LogP contribution in [-0.2, 0) is 6.54 Å². The number of benzene rings is 1. The molecule has 1 saturated heterocycles. The predicted octanol–water partition coefficient (Wildman–Crippen LogP) is 4.21. The van der Waals surface area contributed by atoms with Crippen LogP contribution in [-0.4, -0.2) is 17.0 Å². The maximum Gasteiger partial charge on any atom is 0.0239 e. The summed E-state index contributed by atoms with van der Waals surface area (Å²) in [7, 11) is 0. The molecule has 1 aliphatic rings. The molecule has 2 unspecified atom stereocenters. The summed E-state index contributed by atoms with van der Waals surface area (Å²) < 4.78 is 1.18. The van der Waals surface area contributed by atoms with Crippen LogP contribution in [0.15, 0.2) is 28.7 Å². The van der Waals surface area contributed by atoms with Gasteiger partial charge in [-0.15, -0.1) is 0 Å². The second-order valence-electron chi connectivity index (χ2n) is 4.93. The molecule has 0 radical (unpaired) electrons. The molecule has 0 spiro atoms. The van der Waals surface area contributed by atoms with Gasteiger partial charge in [0.05, 0.1) is 0 Å². The summed E-state index contributed by atoms with van der Waals surface area (Å²) in [6.45, 7) is 5.79. The molecule has 1 heterocycles. The number of nitrogens with zero attached hydrogens (tertiary/aromatic N) is 1. The van der Waals surface area contributed by atoms with Crippen molar-refractivity contribution in [2.45, 2.75) is 51.7 Å². The summed E-state index contributed by atoms with van der Waals surface area (Å²) in [6.07, 6.45) is 4.08. The van der Waals surface area contributed by atoms with Gasteiger partial charge in [0.1, 0.15) is 0 Å². The van der Waals surface area contributed by atoms with Crippen molar-refractivity contribution in [2.75, 3.05) is 0 Å². The van der Waals surface area contributed by atoms with E-state index in [0.29, 0.717) is 0 Å². The van der Waals surface area contributed by atoms with Crippen molar-refractivity contribution in [1.29, 1.82) is 0 Å². The number of piperidine rings is 1. The quantitative estimate of drug-likeness (QED) is 0.785. The van der Waals surface area contributed by atoms with E-state index in [1.165, 1.54) is 29.3 Å². The standard InChI is InChI=1S/C14H20BrN/c1-11-5-3-6-12(2)16(11)10-13-7-4-8-14(15)9-13/h4,7-9,11-12H,3,5-6,10H2,1-2H3. The minimum atomic E-state index is 0.725. The average Bonchev–Trinajstić information content (AvgIpc) is 2.24. The monoisotopic (exact) mass is 281 g/mol. The molecule has 0 amide bonds. The van der Waals surface area contributed by atoms with Crippen LogP contribution in [0.3, 0.4) is 0 Å². The fraction of sp³-hybridized carbons (Fsp3) is 0.571. The molecule has 0 aliphatic carbocycles. The van der Waals surface area contributed by atoms with E-state index in [4.69, 9.17) is 0 Å². The minimum absolute atomic E-state index is 0.725. The van der Waals surface area contributed by atoms with Crippen molar-refractivity contribution in [3.63, 3.8) is 0 Å². The van der Waals surface area contributed by atoms with E-state index in [1.807, 2.05) is 0 Å². The highest BCUT2D eigenvalue weighted by Gasteiger charge is 2.24. The Morgan fingerprint density at radius 1 is 1.25 bits per heavy atom. The lowest BCUT2D eigenvalue weighted by Crippen LogP contribution is -2.42. The first-order valence-electron chi connectivity index (χ1n) is 6.17. The number of halogens is 1. The Kier molecular flexibility index (Phi) is 4.04. The Morgan fingerprint density at radius 2 is 1.94 bits per heavy atom. The van der Waals surface area contributed by atoms with Crippen molar-refractivity contribution in [3.8, 4) is 0 Å². The first-order valence-corrected chi connectivity index (χ1v) is 6.96. The van der Waals surface area contributed by atoms with Crippen LogP contribution in [0.2, 0.25) is 0 Å². The SMILES string of the molecule is CC1CCCC(C)N1Cc1cccc(Br)c1. The fourth-order valence-electron chi connectivity index (χ4n) is 2.63. The van der Waals surface area contributed by atoms with Crippen LogP contribution in [0.1, 0.15) is 38.7 Å². The highest BCUT2D eigenvalue weighted by Crippen LogP contribution is 2.25. The molecule has 2 atom stereocenters. The number of hydrogen-bond acceptors (Lipinski definition) is 1. The molecule has 1 aromatic carbocycles. The lowest BCUT2D eigenvalue weighted by molar-refractivity contribution is 0.0952. The molecule has 2 heteroatoms. The second kappa shape index (κ2) is 5.33. The Morgan fingerprint density at radius 3 is 2.56 bits per heavy atom. The molecule has 16 heavy (non-hydrogen) atoms. The third kappa shape index (κ3) is 2.86. The minimum Gasteiger partial charge on any atom is -0.294 e. The third-order valence-electron chi connectivity index (χ3n) is 3.63. The molecule has 1 aliphatic heterocycles. The smallest absolute Gasteiger partial charge is 0.0239 e. The summed E-state index contributed by atoms with van der Waals surface area (Å²) in [5.41, 5.74) is 1.41. The van der Waals surface area contributed by atoms with Crippen molar-refractivity contribution in [1.82, 2.24) is 4.90 Å². The van der Waals surface area contributed by atoms with E-state index in [0.717, 1.165) is 18.6 Å². The lowest BCUT2D eigenvalue weighted by atomic mass is 9.97. The highest BCUT2D eigenvalue weighted by atomic mass is 79.9. The zero-order chi connectivity index (χ0) is 11.5. The van der Waals surface area contributed by atoms with Crippen molar-refractivity contribution in [3.05, 3.63) is 34.3 Å². The summed E-state index contributed by atoms with van der Waals surface area (Å²) in [4.78, 5) is 2.63. The van der Waals surface area contributed by atoms with Gasteiger partial charge in [-0.2, -0.15) is 0 Å². The van der Waals surface area contributed by atoms with Gasteiger partial charge in [0, 0.05) is 23.1 Å². The Balaban J connectivity index is 2.07. The molecule has 0 aromatic heterocycles. The Bertz CT molecular complexity index is 340. The molecule has 88 valence electrons. The van der Waals surface area contributed by atoms with Gasteiger partial charge in [0.25, 0.3) is 0 Å². The molecule has 1 nitrogen and oxygen atoms in total. The molecule has 1 fully saturated rings. The van der Waals surface area contributed by atoms with Crippen molar-refractivity contribution >= 4 is 15.9 Å². The van der Waals surface area contributed by atoms with Crippen LogP contribution in [0.25, 0.3) is 0 Å². The molecule has 0 saturated carbocycles. The predicted molar refractivity (Wildman–Crippen MR) is 72.5 cm³/mol. The number of rotatable bonds is 2. The number of hydrogen-bond donors (Lipinski definition) is 0. The summed E-state index contributed by atoms with van der Waals surface area (Å²) >= 11 is 3.54. The third-order valence-corrected chi connectivity index (χ3v) is 4.12. The van der Waals surface area contributed by atoms with Gasteiger partial charge in [-0.3, -0.25) is 4.90 Å². The normalized spacial score (nSPS) is 26.9. The molecule has 0 bridgehead atoms. The van der Waals surface area contributed by atoms with E-state index < -0.39 is 0 Å². The van der Waals surface area contributed by atoms with Gasteiger partial charge in [-0.25, -0.2) is 0 Å². The van der Waals surface area contributed by atoms with Crippen LogP contribution < -0.4 is 0 Å². The van der Waals surface area contributed by atoms with Gasteiger partial charge in [-0.05, 0) is 44.4 Å². The Labute approximate surface area is 107 Å². The van der Waals surface area contributed by atoms with Gasteiger partial charge in [0.15, 0.2) is 0 Å². The van der Waals surface area contributed by atoms with Gasteiger partial charge in [-0.1, -0.05) is 34.5 Å². The van der Waals surface area contributed by atoms with Crippen molar-refractivity contribution in [2.24, 2.45) is 0 Å². The molecular formula is C14H20BrN. The van der Waals surface area contributed by atoms with E-state index >= 15 is 0 Å². The maximum atomic E-state index is 3.54. The molecule has 0 N–H and O–H groups in total. The van der Waals surface area contributed by atoms with Gasteiger partial charge < -0.3 is 0 Å². The summed E-state index contributed by atoms with van der Waals surface area (Å²) in [5.74, 6) is 0.